The number of piperidine rings is 1. The maximum Gasteiger partial charge on any atom is 0.257 e. The fraction of sp³-hybridized carbons (Fsp3) is 0.765. The molecule has 1 amide bonds. The highest BCUT2D eigenvalue weighted by molar-refractivity contribution is 5.93. The van der Waals surface area contributed by atoms with Crippen LogP contribution in [-0.4, -0.2) is 71.7 Å². The van der Waals surface area contributed by atoms with Gasteiger partial charge >= 0.3 is 0 Å². The van der Waals surface area contributed by atoms with Crippen LogP contribution in [-0.2, 0) is 11.3 Å². The van der Waals surface area contributed by atoms with Gasteiger partial charge in [-0.1, -0.05) is 0 Å². The Kier molecular flexibility index (Phi) is 5.53. The molecule has 1 aliphatic carbocycles. The molecule has 0 aromatic carbocycles. The second-order valence-corrected chi connectivity index (χ2v) is 7.10. The van der Waals surface area contributed by atoms with Gasteiger partial charge in [0.2, 0.25) is 0 Å². The molecule has 24 heavy (non-hydrogen) atoms. The minimum absolute atomic E-state index is 0.0204. The van der Waals surface area contributed by atoms with E-state index < -0.39 is 0 Å². The van der Waals surface area contributed by atoms with Crippen molar-refractivity contribution < 1.29 is 14.6 Å². The van der Waals surface area contributed by atoms with Crippen molar-refractivity contribution in [1.82, 2.24) is 20.0 Å². The summed E-state index contributed by atoms with van der Waals surface area (Å²) in [6.45, 7) is 3.65. The van der Waals surface area contributed by atoms with Crippen LogP contribution in [0.3, 0.4) is 0 Å². The lowest BCUT2D eigenvalue weighted by atomic mass is 9.78. The molecule has 0 atom stereocenters. The molecule has 1 saturated carbocycles. The summed E-state index contributed by atoms with van der Waals surface area (Å²) in [7, 11) is 1.76. The summed E-state index contributed by atoms with van der Waals surface area (Å²) in [6.07, 6.45) is 7.78. The van der Waals surface area contributed by atoms with Crippen LogP contribution in [0.25, 0.3) is 0 Å². The van der Waals surface area contributed by atoms with Crippen molar-refractivity contribution in [2.45, 2.75) is 38.3 Å². The van der Waals surface area contributed by atoms with Crippen LogP contribution in [0.1, 0.15) is 36.0 Å². The first-order chi connectivity index (χ1) is 11.7. The van der Waals surface area contributed by atoms with Crippen LogP contribution in [0.2, 0.25) is 0 Å². The van der Waals surface area contributed by atoms with E-state index in [2.05, 4.69) is 10.4 Å². The maximum atomic E-state index is 12.6. The van der Waals surface area contributed by atoms with E-state index in [1.165, 1.54) is 12.8 Å². The van der Waals surface area contributed by atoms with Gasteiger partial charge in [-0.05, 0) is 25.7 Å². The number of carbonyl (C=O) groups is 1. The van der Waals surface area contributed by atoms with E-state index in [0.29, 0.717) is 18.2 Å². The minimum atomic E-state index is 0.0204. The Bertz CT molecular complexity index is 548. The molecule has 0 unspecified atom stereocenters. The fourth-order valence-corrected chi connectivity index (χ4v) is 3.39. The molecule has 0 bridgehead atoms. The molecule has 3 rings (SSSR count). The number of hydrogen-bond donors (Lipinski definition) is 2. The van der Waals surface area contributed by atoms with Crippen molar-refractivity contribution in [3.05, 3.63) is 18.0 Å². The zero-order valence-electron chi connectivity index (χ0n) is 14.4. The standard InChI is InChI=1S/C17H28N4O3/c1-24-13-17(12-18-15-2-3-15)4-6-20(7-5-17)16(23)14-10-19-21(11-14)8-9-22/h10-11,15,18,22H,2-9,12-13H2,1H3. The molecule has 2 aliphatic rings. The number of aliphatic hydroxyl groups excluding tert-OH is 1. The first-order valence-electron chi connectivity index (χ1n) is 8.81. The van der Waals surface area contributed by atoms with Gasteiger partial charge in [0.25, 0.3) is 5.91 Å². The SMILES string of the molecule is COCC1(CNC2CC2)CCN(C(=O)c2cnn(CCO)c2)CC1. The molecule has 0 spiro atoms. The van der Waals surface area contributed by atoms with Crippen LogP contribution < -0.4 is 5.32 Å². The molecule has 1 saturated heterocycles. The molecule has 7 heteroatoms. The zero-order valence-corrected chi connectivity index (χ0v) is 14.4. The third-order valence-electron chi connectivity index (χ3n) is 5.11. The zero-order chi connectivity index (χ0) is 17.0. The van der Waals surface area contributed by atoms with Crippen molar-refractivity contribution >= 4 is 5.91 Å². The number of methoxy groups -OCH3 is 1. The molecule has 1 aromatic heterocycles. The van der Waals surface area contributed by atoms with Crippen LogP contribution in [0.15, 0.2) is 12.4 Å². The molecule has 1 aliphatic heterocycles. The number of ether oxygens (including phenoxy) is 1. The van der Waals surface area contributed by atoms with Gasteiger partial charge in [0, 0.05) is 44.4 Å². The van der Waals surface area contributed by atoms with E-state index in [1.807, 2.05) is 4.90 Å². The first kappa shape index (κ1) is 17.4. The maximum absolute atomic E-state index is 12.6. The number of aromatic nitrogens is 2. The minimum Gasteiger partial charge on any atom is -0.394 e. The summed E-state index contributed by atoms with van der Waals surface area (Å²) in [5, 5.41) is 16.7. The van der Waals surface area contributed by atoms with Crippen molar-refractivity contribution in [2.75, 3.05) is 40.0 Å². The van der Waals surface area contributed by atoms with Crippen LogP contribution >= 0.6 is 0 Å². The first-order valence-corrected chi connectivity index (χ1v) is 8.81. The fourth-order valence-electron chi connectivity index (χ4n) is 3.39. The Balaban J connectivity index is 1.56. The van der Waals surface area contributed by atoms with Gasteiger partial charge in [-0.3, -0.25) is 9.48 Å². The Morgan fingerprint density at radius 3 is 2.83 bits per heavy atom. The summed E-state index contributed by atoms with van der Waals surface area (Å²) in [4.78, 5) is 14.5. The topological polar surface area (TPSA) is 79.6 Å². The van der Waals surface area contributed by atoms with Gasteiger partial charge in [-0.2, -0.15) is 5.10 Å². The smallest absolute Gasteiger partial charge is 0.257 e. The van der Waals surface area contributed by atoms with Crippen LogP contribution in [0.5, 0.6) is 0 Å². The average Bonchev–Trinajstić information content (AvgIpc) is 3.31. The van der Waals surface area contributed by atoms with Gasteiger partial charge in [-0.25, -0.2) is 0 Å². The Labute approximate surface area is 143 Å². The summed E-state index contributed by atoms with van der Waals surface area (Å²) in [6, 6.07) is 0.691. The van der Waals surface area contributed by atoms with Gasteiger partial charge in [-0.15, -0.1) is 0 Å². The molecular formula is C17H28N4O3. The summed E-state index contributed by atoms with van der Waals surface area (Å²) in [5.41, 5.74) is 0.730. The highest BCUT2D eigenvalue weighted by Gasteiger charge is 2.37. The summed E-state index contributed by atoms with van der Waals surface area (Å²) < 4.78 is 7.07. The lowest BCUT2D eigenvalue weighted by Gasteiger charge is -2.41. The van der Waals surface area contributed by atoms with E-state index in [0.717, 1.165) is 39.1 Å². The predicted octanol–water partition coefficient (Wildman–Crippen LogP) is 0.496. The molecular weight excluding hydrogens is 308 g/mol. The Morgan fingerprint density at radius 1 is 1.46 bits per heavy atom. The molecule has 2 fully saturated rings. The summed E-state index contributed by atoms with van der Waals surface area (Å²) >= 11 is 0. The number of likely N-dealkylation sites (tertiary alicyclic amines) is 1. The average molecular weight is 336 g/mol. The number of carbonyl (C=O) groups excluding carboxylic acids is 1. The monoisotopic (exact) mass is 336 g/mol. The van der Waals surface area contributed by atoms with Crippen molar-refractivity contribution in [1.29, 1.82) is 0 Å². The van der Waals surface area contributed by atoms with E-state index in [4.69, 9.17) is 9.84 Å². The number of hydrogen-bond acceptors (Lipinski definition) is 5. The number of nitrogens with zero attached hydrogens (tertiary/aromatic N) is 3. The van der Waals surface area contributed by atoms with Crippen molar-refractivity contribution in [3.8, 4) is 0 Å². The van der Waals surface area contributed by atoms with Crippen LogP contribution in [0, 0.1) is 5.41 Å². The molecule has 7 nitrogen and oxygen atoms in total. The highest BCUT2D eigenvalue weighted by atomic mass is 16.5. The highest BCUT2D eigenvalue weighted by Crippen LogP contribution is 2.33. The number of amides is 1. The van der Waals surface area contributed by atoms with Gasteiger partial charge in [0.05, 0.1) is 31.5 Å². The molecule has 134 valence electrons. The third-order valence-corrected chi connectivity index (χ3v) is 5.11. The second-order valence-electron chi connectivity index (χ2n) is 7.10. The van der Waals surface area contributed by atoms with Crippen molar-refractivity contribution in [2.24, 2.45) is 5.41 Å². The lowest BCUT2D eigenvalue weighted by molar-refractivity contribution is 0.0202. The van der Waals surface area contributed by atoms with Crippen molar-refractivity contribution in [3.63, 3.8) is 0 Å². The van der Waals surface area contributed by atoms with E-state index in [1.54, 1.807) is 24.2 Å². The normalized spacial score (nSPS) is 20.3. The van der Waals surface area contributed by atoms with E-state index in [9.17, 15) is 4.79 Å². The molecule has 2 heterocycles. The van der Waals surface area contributed by atoms with Gasteiger partial charge in [0.15, 0.2) is 0 Å². The van der Waals surface area contributed by atoms with Crippen LogP contribution in [0.4, 0.5) is 0 Å². The largest absolute Gasteiger partial charge is 0.394 e. The summed E-state index contributed by atoms with van der Waals surface area (Å²) in [5.74, 6) is 0.0281. The molecule has 2 N–H and O–H groups in total. The number of rotatable bonds is 8. The molecule has 1 aromatic rings. The quantitative estimate of drug-likeness (QED) is 0.722. The third kappa shape index (κ3) is 4.15. The Morgan fingerprint density at radius 2 is 2.21 bits per heavy atom. The lowest BCUT2D eigenvalue weighted by Crippen LogP contribution is -2.49. The second kappa shape index (κ2) is 7.63. The molecule has 0 radical (unpaired) electrons. The van der Waals surface area contributed by atoms with E-state index in [-0.39, 0.29) is 17.9 Å². The predicted molar refractivity (Wildman–Crippen MR) is 89.8 cm³/mol. The van der Waals surface area contributed by atoms with Gasteiger partial charge in [0.1, 0.15) is 0 Å². The Hall–Kier alpha value is -1.44. The number of nitrogens with one attached hydrogen (secondary N) is 1. The number of aliphatic hydroxyl groups is 1. The van der Waals surface area contributed by atoms with E-state index >= 15 is 0 Å². The van der Waals surface area contributed by atoms with Gasteiger partial charge < -0.3 is 20.1 Å².